The molecule has 2 heteroatoms. The van der Waals surface area contributed by atoms with Crippen LogP contribution in [0.4, 0.5) is 0 Å². The summed E-state index contributed by atoms with van der Waals surface area (Å²) in [6.07, 6.45) is 5.71. The Labute approximate surface area is 64.8 Å². The van der Waals surface area contributed by atoms with E-state index in [1.165, 1.54) is 6.42 Å². The van der Waals surface area contributed by atoms with Gasteiger partial charge < -0.3 is 0 Å². The molecule has 0 fully saturated rings. The van der Waals surface area contributed by atoms with E-state index in [0.717, 1.165) is 12.0 Å². The minimum absolute atomic E-state index is 0.251. The molecular formula is C7H15ClSi. The van der Waals surface area contributed by atoms with Crippen molar-refractivity contribution in [2.24, 2.45) is 5.92 Å². The molecule has 0 saturated carbocycles. The molecule has 0 saturated heterocycles. The lowest BCUT2D eigenvalue weighted by Crippen LogP contribution is -1.83. The maximum Gasteiger partial charge on any atom is 0.129 e. The average Bonchev–Trinajstić information content (AvgIpc) is 1.89. The van der Waals surface area contributed by atoms with Gasteiger partial charge >= 0.3 is 0 Å². The standard InChI is InChI=1S/C7H15ClSi/c1-3-7(2)5-4-6-9-8/h4-5,7H,3,6,9H2,1-2H3. The van der Waals surface area contributed by atoms with Crippen molar-refractivity contribution in [3.8, 4) is 0 Å². The summed E-state index contributed by atoms with van der Waals surface area (Å²) in [4.78, 5) is 0. The molecule has 0 radical (unpaired) electrons. The van der Waals surface area contributed by atoms with E-state index in [0.29, 0.717) is 0 Å². The van der Waals surface area contributed by atoms with Crippen LogP contribution in [0, 0.1) is 5.92 Å². The number of hydrogen-bond acceptors (Lipinski definition) is 0. The zero-order valence-electron chi connectivity index (χ0n) is 6.23. The average molecular weight is 163 g/mol. The Morgan fingerprint density at radius 1 is 1.67 bits per heavy atom. The van der Waals surface area contributed by atoms with Crippen LogP contribution in [0.25, 0.3) is 0 Å². The van der Waals surface area contributed by atoms with Crippen LogP contribution in [0.3, 0.4) is 0 Å². The highest BCUT2D eigenvalue weighted by Gasteiger charge is 1.88. The van der Waals surface area contributed by atoms with Gasteiger partial charge in [-0.15, -0.1) is 0 Å². The Hall–Kier alpha value is 0.247. The second-order valence-electron chi connectivity index (χ2n) is 2.29. The summed E-state index contributed by atoms with van der Waals surface area (Å²) < 4.78 is 0. The maximum absolute atomic E-state index is 5.62. The number of halogens is 1. The van der Waals surface area contributed by atoms with Crippen molar-refractivity contribution in [2.75, 3.05) is 0 Å². The van der Waals surface area contributed by atoms with Gasteiger partial charge in [-0.1, -0.05) is 32.4 Å². The second kappa shape index (κ2) is 6.37. The molecular weight excluding hydrogens is 148 g/mol. The van der Waals surface area contributed by atoms with E-state index in [1.807, 2.05) is 0 Å². The van der Waals surface area contributed by atoms with Gasteiger partial charge in [-0.05, 0) is 12.0 Å². The van der Waals surface area contributed by atoms with Gasteiger partial charge in [-0.2, -0.15) is 11.1 Å². The lowest BCUT2D eigenvalue weighted by molar-refractivity contribution is 0.697. The molecule has 0 bridgehead atoms. The van der Waals surface area contributed by atoms with Crippen LogP contribution in [0.2, 0.25) is 6.04 Å². The third-order valence-electron chi connectivity index (χ3n) is 1.38. The van der Waals surface area contributed by atoms with Crippen LogP contribution in [0.15, 0.2) is 12.2 Å². The molecule has 0 aliphatic heterocycles. The third-order valence-corrected chi connectivity index (χ3v) is 2.59. The summed E-state index contributed by atoms with van der Waals surface area (Å²) in [5.41, 5.74) is 0. The van der Waals surface area contributed by atoms with E-state index < -0.39 is 0 Å². The molecule has 0 aliphatic carbocycles. The Balaban J connectivity index is 3.20. The van der Waals surface area contributed by atoms with Gasteiger partial charge in [0, 0.05) is 0 Å². The molecule has 0 aliphatic rings. The van der Waals surface area contributed by atoms with Crippen LogP contribution in [-0.4, -0.2) is 8.83 Å². The van der Waals surface area contributed by atoms with Crippen molar-refractivity contribution < 1.29 is 0 Å². The van der Waals surface area contributed by atoms with Crippen molar-refractivity contribution in [1.82, 2.24) is 0 Å². The highest BCUT2D eigenvalue weighted by atomic mass is 35.6. The summed E-state index contributed by atoms with van der Waals surface area (Å²) in [6.45, 7) is 4.43. The predicted octanol–water partition coefficient (Wildman–Crippen LogP) is 2.33. The second-order valence-corrected chi connectivity index (χ2v) is 4.38. The summed E-state index contributed by atoms with van der Waals surface area (Å²) in [6, 6.07) is 1.14. The molecule has 0 aromatic heterocycles. The van der Waals surface area contributed by atoms with Gasteiger partial charge in [0.1, 0.15) is 8.83 Å². The van der Waals surface area contributed by atoms with Gasteiger partial charge in [-0.3, -0.25) is 0 Å². The van der Waals surface area contributed by atoms with Crippen LogP contribution >= 0.6 is 11.1 Å². The zero-order valence-corrected chi connectivity index (χ0v) is 8.40. The van der Waals surface area contributed by atoms with Crippen LogP contribution in [0.1, 0.15) is 20.3 Å². The van der Waals surface area contributed by atoms with E-state index in [4.69, 9.17) is 11.1 Å². The lowest BCUT2D eigenvalue weighted by Gasteiger charge is -1.97. The molecule has 0 amide bonds. The van der Waals surface area contributed by atoms with E-state index in [9.17, 15) is 0 Å². The van der Waals surface area contributed by atoms with E-state index in [2.05, 4.69) is 26.0 Å². The van der Waals surface area contributed by atoms with Gasteiger partial charge in [0.25, 0.3) is 0 Å². The largest absolute Gasteiger partial charge is 0.176 e. The fourth-order valence-electron chi connectivity index (χ4n) is 0.528. The highest BCUT2D eigenvalue weighted by Crippen LogP contribution is 2.02. The summed E-state index contributed by atoms with van der Waals surface area (Å²) in [5, 5.41) is 0. The Morgan fingerprint density at radius 2 is 2.33 bits per heavy atom. The monoisotopic (exact) mass is 162 g/mol. The first-order valence-corrected chi connectivity index (χ1v) is 6.67. The van der Waals surface area contributed by atoms with Crippen molar-refractivity contribution in [3.63, 3.8) is 0 Å². The van der Waals surface area contributed by atoms with Gasteiger partial charge in [0.2, 0.25) is 0 Å². The van der Waals surface area contributed by atoms with Crippen molar-refractivity contribution in [2.45, 2.75) is 26.3 Å². The fraction of sp³-hybridized carbons (Fsp3) is 0.714. The summed E-state index contributed by atoms with van der Waals surface area (Å²) >= 11 is 5.62. The molecule has 0 aromatic rings. The first-order valence-electron chi connectivity index (χ1n) is 3.53. The number of rotatable bonds is 4. The molecule has 0 nitrogen and oxygen atoms in total. The molecule has 1 unspecified atom stereocenters. The summed E-state index contributed by atoms with van der Waals surface area (Å²) in [7, 11) is -0.251. The topological polar surface area (TPSA) is 0 Å². The van der Waals surface area contributed by atoms with Crippen molar-refractivity contribution in [1.29, 1.82) is 0 Å². The zero-order chi connectivity index (χ0) is 7.11. The Bertz CT molecular complexity index is 81.0. The van der Waals surface area contributed by atoms with Gasteiger partial charge in [-0.25, -0.2) is 0 Å². The van der Waals surface area contributed by atoms with E-state index >= 15 is 0 Å². The molecule has 0 aromatic carbocycles. The molecule has 1 atom stereocenters. The van der Waals surface area contributed by atoms with Crippen LogP contribution < -0.4 is 0 Å². The molecule has 0 N–H and O–H groups in total. The predicted molar refractivity (Wildman–Crippen MR) is 47.8 cm³/mol. The summed E-state index contributed by atoms with van der Waals surface area (Å²) in [5.74, 6) is 0.738. The number of hydrogen-bond donors (Lipinski definition) is 0. The highest BCUT2D eigenvalue weighted by molar-refractivity contribution is 6.93. The molecule has 9 heavy (non-hydrogen) atoms. The van der Waals surface area contributed by atoms with E-state index in [1.54, 1.807) is 0 Å². The first kappa shape index (κ1) is 9.25. The van der Waals surface area contributed by atoms with E-state index in [-0.39, 0.29) is 8.83 Å². The van der Waals surface area contributed by atoms with Crippen molar-refractivity contribution >= 4 is 19.9 Å². The van der Waals surface area contributed by atoms with Crippen LogP contribution in [0.5, 0.6) is 0 Å². The smallest absolute Gasteiger partial charge is 0.129 e. The van der Waals surface area contributed by atoms with Crippen molar-refractivity contribution in [3.05, 3.63) is 12.2 Å². The molecule has 0 spiro atoms. The fourth-order valence-corrected chi connectivity index (χ4v) is 1.22. The minimum Gasteiger partial charge on any atom is -0.176 e. The number of allylic oxidation sites excluding steroid dienone is 2. The normalized spacial score (nSPS) is 15.9. The Kier molecular flexibility index (Phi) is 6.54. The molecule has 54 valence electrons. The quantitative estimate of drug-likeness (QED) is 0.338. The Morgan fingerprint density at radius 3 is 2.78 bits per heavy atom. The van der Waals surface area contributed by atoms with Gasteiger partial charge in [0.05, 0.1) is 0 Å². The lowest BCUT2D eigenvalue weighted by atomic mass is 10.1. The first-order chi connectivity index (χ1) is 4.31. The van der Waals surface area contributed by atoms with Gasteiger partial charge in [0.15, 0.2) is 0 Å². The third kappa shape index (κ3) is 6.13. The maximum atomic E-state index is 5.62. The van der Waals surface area contributed by atoms with Crippen LogP contribution in [-0.2, 0) is 0 Å². The minimum atomic E-state index is -0.251. The molecule has 0 rings (SSSR count). The molecule has 0 heterocycles. The SMILES string of the molecule is CCC(C)C=CC[SiH2]Cl.